The number of nitrogens with one attached hydrogen (secondary N) is 1. The summed E-state index contributed by atoms with van der Waals surface area (Å²) in [6.45, 7) is 4.60. The first-order chi connectivity index (χ1) is 14.0. The number of carbonyl (C=O) groups excluding carboxylic acids is 1. The lowest BCUT2D eigenvalue weighted by Crippen LogP contribution is -2.19. The van der Waals surface area contributed by atoms with Gasteiger partial charge in [0.2, 0.25) is 0 Å². The van der Waals surface area contributed by atoms with E-state index in [0.717, 1.165) is 28.3 Å². The predicted octanol–water partition coefficient (Wildman–Crippen LogP) is 4.23. The average Bonchev–Trinajstić information content (AvgIpc) is 3.14. The molecule has 29 heavy (non-hydrogen) atoms. The summed E-state index contributed by atoms with van der Waals surface area (Å²) >= 11 is 0. The molecule has 4 rings (SSSR count). The van der Waals surface area contributed by atoms with Crippen LogP contribution in [0, 0.1) is 13.8 Å². The first-order valence-corrected chi connectivity index (χ1v) is 9.50. The third-order valence-electron chi connectivity index (χ3n) is 4.81. The van der Waals surface area contributed by atoms with Gasteiger partial charge in [-0.2, -0.15) is 5.10 Å². The quantitative estimate of drug-likeness (QED) is 0.558. The number of aryl methyl sites for hydroxylation is 2. The van der Waals surface area contributed by atoms with Crippen molar-refractivity contribution in [3.8, 4) is 0 Å². The number of hydrogen-bond acceptors (Lipinski definition) is 4. The molecule has 6 heteroatoms. The maximum absolute atomic E-state index is 12.8. The number of para-hydroxylation sites is 1. The summed E-state index contributed by atoms with van der Waals surface area (Å²) < 4.78 is 1.73. The predicted molar refractivity (Wildman–Crippen MR) is 115 cm³/mol. The number of rotatable bonds is 5. The molecule has 1 N–H and O–H groups in total. The smallest absolute Gasteiger partial charge is 0.276 e. The monoisotopic (exact) mass is 385 g/mol. The molecule has 0 fully saturated rings. The van der Waals surface area contributed by atoms with Crippen molar-refractivity contribution in [1.29, 1.82) is 0 Å². The molecule has 6 nitrogen and oxygen atoms in total. The molecule has 0 aliphatic carbocycles. The molecular formula is C23H23N5O. The van der Waals surface area contributed by atoms with Crippen molar-refractivity contribution >= 4 is 22.9 Å². The normalized spacial score (nSPS) is 10.9. The number of nitrogens with zero attached hydrogens (tertiary/aromatic N) is 4. The third kappa shape index (κ3) is 3.96. The van der Waals surface area contributed by atoms with E-state index in [4.69, 9.17) is 4.98 Å². The van der Waals surface area contributed by atoms with Crippen molar-refractivity contribution in [2.45, 2.75) is 20.4 Å². The van der Waals surface area contributed by atoms with Crippen molar-refractivity contribution in [2.75, 3.05) is 17.3 Å². The van der Waals surface area contributed by atoms with Crippen molar-refractivity contribution in [2.24, 2.45) is 0 Å². The van der Waals surface area contributed by atoms with E-state index in [9.17, 15) is 4.79 Å². The highest BCUT2D eigenvalue weighted by molar-refractivity contribution is 6.04. The fourth-order valence-corrected chi connectivity index (χ4v) is 3.31. The molecule has 0 saturated carbocycles. The van der Waals surface area contributed by atoms with Crippen LogP contribution in [0.4, 0.5) is 11.5 Å². The lowest BCUT2D eigenvalue weighted by atomic mass is 10.2. The Labute approximate surface area is 169 Å². The van der Waals surface area contributed by atoms with Gasteiger partial charge in [0.25, 0.3) is 5.91 Å². The van der Waals surface area contributed by atoms with E-state index in [1.165, 1.54) is 5.56 Å². The summed E-state index contributed by atoms with van der Waals surface area (Å²) in [5.74, 6) is 0.550. The van der Waals surface area contributed by atoms with Gasteiger partial charge in [-0.25, -0.2) is 9.50 Å². The number of anilines is 2. The Morgan fingerprint density at radius 2 is 1.79 bits per heavy atom. The zero-order valence-corrected chi connectivity index (χ0v) is 16.8. The SMILES string of the molecule is Cc1cn2nc(C(=O)Nc3ccccc3C)cc2c(N(C)Cc2ccccc2)n1. The fraction of sp³-hybridized carbons (Fsp3) is 0.174. The lowest BCUT2D eigenvalue weighted by molar-refractivity contribution is 0.102. The van der Waals surface area contributed by atoms with Gasteiger partial charge >= 0.3 is 0 Å². The van der Waals surface area contributed by atoms with Gasteiger partial charge in [-0.15, -0.1) is 0 Å². The van der Waals surface area contributed by atoms with Crippen LogP contribution < -0.4 is 10.2 Å². The molecule has 0 atom stereocenters. The summed E-state index contributed by atoms with van der Waals surface area (Å²) in [5, 5.41) is 7.43. The molecule has 0 saturated heterocycles. The molecule has 0 radical (unpaired) electrons. The summed E-state index contributed by atoms with van der Waals surface area (Å²) in [6.07, 6.45) is 1.83. The number of fused-ring (bicyclic) bond motifs is 1. The Bertz CT molecular complexity index is 1170. The van der Waals surface area contributed by atoms with E-state index >= 15 is 0 Å². The highest BCUT2D eigenvalue weighted by Gasteiger charge is 2.17. The summed E-state index contributed by atoms with van der Waals surface area (Å²) in [4.78, 5) is 19.5. The number of carbonyl (C=O) groups is 1. The number of benzene rings is 2. The van der Waals surface area contributed by atoms with Crippen LogP contribution in [-0.2, 0) is 6.54 Å². The van der Waals surface area contributed by atoms with Gasteiger partial charge in [-0.1, -0.05) is 48.5 Å². The number of amides is 1. The molecule has 4 aromatic rings. The Morgan fingerprint density at radius 1 is 1.07 bits per heavy atom. The molecule has 2 aromatic heterocycles. The zero-order valence-electron chi connectivity index (χ0n) is 16.8. The summed E-state index contributed by atoms with van der Waals surface area (Å²) in [7, 11) is 1.99. The highest BCUT2D eigenvalue weighted by atomic mass is 16.1. The van der Waals surface area contributed by atoms with Crippen LogP contribution in [0.1, 0.15) is 27.3 Å². The van der Waals surface area contributed by atoms with E-state index in [1.807, 2.05) is 69.6 Å². The third-order valence-corrected chi connectivity index (χ3v) is 4.81. The number of aromatic nitrogens is 3. The molecule has 1 amide bonds. The van der Waals surface area contributed by atoms with E-state index in [2.05, 4.69) is 27.4 Å². The fourth-order valence-electron chi connectivity index (χ4n) is 3.31. The van der Waals surface area contributed by atoms with Gasteiger partial charge in [0.1, 0.15) is 5.52 Å². The zero-order chi connectivity index (χ0) is 20.4. The Morgan fingerprint density at radius 3 is 2.55 bits per heavy atom. The van der Waals surface area contributed by atoms with E-state index in [-0.39, 0.29) is 5.91 Å². The number of hydrogen-bond donors (Lipinski definition) is 1. The second-order valence-electron chi connectivity index (χ2n) is 7.18. The van der Waals surface area contributed by atoms with Gasteiger partial charge in [0.15, 0.2) is 11.5 Å². The molecule has 0 bridgehead atoms. The van der Waals surface area contributed by atoms with Crippen LogP contribution in [-0.4, -0.2) is 27.6 Å². The molecule has 0 spiro atoms. The molecule has 146 valence electrons. The minimum absolute atomic E-state index is 0.239. The first-order valence-electron chi connectivity index (χ1n) is 9.50. The Balaban J connectivity index is 1.66. The van der Waals surface area contributed by atoms with Gasteiger partial charge < -0.3 is 10.2 Å². The van der Waals surface area contributed by atoms with Crippen LogP contribution in [0.15, 0.2) is 66.9 Å². The highest BCUT2D eigenvalue weighted by Crippen LogP contribution is 2.22. The second-order valence-corrected chi connectivity index (χ2v) is 7.18. The molecule has 2 aromatic carbocycles. The maximum atomic E-state index is 12.8. The van der Waals surface area contributed by atoms with Crippen LogP contribution in [0.5, 0.6) is 0 Å². The first kappa shape index (κ1) is 18.7. The van der Waals surface area contributed by atoms with Gasteiger partial charge in [-0.3, -0.25) is 4.79 Å². The van der Waals surface area contributed by atoms with Crippen LogP contribution in [0.25, 0.3) is 5.52 Å². The summed E-state index contributed by atoms with van der Waals surface area (Å²) in [6, 6.07) is 19.7. The largest absolute Gasteiger partial charge is 0.354 e. The summed E-state index contributed by atoms with van der Waals surface area (Å²) in [5.41, 5.74) is 4.96. The van der Waals surface area contributed by atoms with Crippen molar-refractivity contribution in [1.82, 2.24) is 14.6 Å². The van der Waals surface area contributed by atoms with Crippen molar-refractivity contribution in [3.63, 3.8) is 0 Å². The van der Waals surface area contributed by atoms with Crippen molar-refractivity contribution in [3.05, 3.63) is 89.4 Å². The Hall–Kier alpha value is -3.67. The van der Waals surface area contributed by atoms with Gasteiger partial charge in [0, 0.05) is 25.3 Å². The minimum atomic E-state index is -0.239. The van der Waals surface area contributed by atoms with E-state index in [0.29, 0.717) is 12.2 Å². The molecule has 0 aliphatic heterocycles. The van der Waals surface area contributed by atoms with Gasteiger partial charge in [-0.05, 0) is 31.0 Å². The Kier molecular flexibility index (Phi) is 4.99. The van der Waals surface area contributed by atoms with E-state index in [1.54, 1.807) is 10.6 Å². The average molecular weight is 385 g/mol. The van der Waals surface area contributed by atoms with Gasteiger partial charge in [0.05, 0.1) is 11.9 Å². The molecular weight excluding hydrogens is 362 g/mol. The van der Waals surface area contributed by atoms with Crippen molar-refractivity contribution < 1.29 is 4.79 Å². The lowest BCUT2D eigenvalue weighted by Gasteiger charge is -2.19. The maximum Gasteiger partial charge on any atom is 0.276 e. The second kappa shape index (κ2) is 7.75. The van der Waals surface area contributed by atoms with Crippen LogP contribution in [0.3, 0.4) is 0 Å². The van der Waals surface area contributed by atoms with Crippen LogP contribution >= 0.6 is 0 Å². The van der Waals surface area contributed by atoms with Crippen LogP contribution in [0.2, 0.25) is 0 Å². The minimum Gasteiger partial charge on any atom is -0.354 e. The molecule has 0 unspecified atom stereocenters. The standard InChI is InChI=1S/C23H23N5O/c1-16-9-7-8-12-19(16)25-23(29)20-13-21-22(24-17(2)14-28(21)26-20)27(3)15-18-10-5-4-6-11-18/h4-14H,15H2,1-3H3,(H,25,29). The molecule has 2 heterocycles. The topological polar surface area (TPSA) is 62.5 Å². The van der Waals surface area contributed by atoms with E-state index < -0.39 is 0 Å². The molecule has 0 aliphatic rings.